The normalized spacial score (nSPS) is 10.2. The molecule has 0 saturated heterocycles. The monoisotopic (exact) mass is 275 g/mol. The van der Waals surface area contributed by atoms with E-state index in [9.17, 15) is 9.59 Å². The first-order valence-electron chi connectivity index (χ1n) is 5.87. The summed E-state index contributed by atoms with van der Waals surface area (Å²) in [7, 11) is 0. The highest BCUT2D eigenvalue weighted by atomic mass is 16.4. The molecule has 0 spiro atoms. The van der Waals surface area contributed by atoms with Crippen molar-refractivity contribution in [3.05, 3.63) is 53.0 Å². The molecule has 1 heterocycles. The predicted molar refractivity (Wildman–Crippen MR) is 69.7 cm³/mol. The van der Waals surface area contributed by atoms with E-state index < -0.39 is 5.97 Å². The Morgan fingerprint density at radius 1 is 1.25 bits per heavy atom. The van der Waals surface area contributed by atoms with E-state index in [4.69, 9.17) is 14.6 Å². The van der Waals surface area contributed by atoms with Gasteiger partial charge in [0.05, 0.1) is 6.54 Å². The number of furan rings is 1. The number of amides is 1. The number of hydrogen-bond acceptors (Lipinski definition) is 4. The largest absolute Gasteiger partial charge is 0.508 e. The number of aryl methyl sites for hydroxylation is 1. The van der Waals surface area contributed by atoms with Gasteiger partial charge in [-0.1, -0.05) is 0 Å². The van der Waals surface area contributed by atoms with E-state index >= 15 is 0 Å². The molecule has 0 bridgehead atoms. The highest BCUT2D eigenvalue weighted by molar-refractivity contribution is 5.94. The Labute approximate surface area is 114 Å². The average Bonchev–Trinajstić information content (AvgIpc) is 2.78. The van der Waals surface area contributed by atoms with Gasteiger partial charge in [0.15, 0.2) is 0 Å². The zero-order chi connectivity index (χ0) is 14.7. The third kappa shape index (κ3) is 2.97. The summed E-state index contributed by atoms with van der Waals surface area (Å²) in [4.78, 5) is 22.7. The highest BCUT2D eigenvalue weighted by Gasteiger charge is 2.14. The number of carbonyl (C=O) groups excluding carboxylic acids is 1. The number of benzene rings is 1. The summed E-state index contributed by atoms with van der Waals surface area (Å²) in [6.07, 6.45) is 0. The Morgan fingerprint density at radius 3 is 2.45 bits per heavy atom. The molecule has 0 saturated carbocycles. The molecule has 104 valence electrons. The Morgan fingerprint density at radius 2 is 1.90 bits per heavy atom. The summed E-state index contributed by atoms with van der Waals surface area (Å²) in [5.74, 6) is -0.661. The van der Waals surface area contributed by atoms with Crippen LogP contribution in [0.1, 0.15) is 32.2 Å². The number of phenols is 1. The zero-order valence-electron chi connectivity index (χ0n) is 10.7. The van der Waals surface area contributed by atoms with Crippen molar-refractivity contribution in [1.82, 2.24) is 5.32 Å². The summed E-state index contributed by atoms with van der Waals surface area (Å²) in [5, 5.41) is 20.6. The lowest BCUT2D eigenvalue weighted by molar-refractivity contribution is 0.0694. The second-order valence-corrected chi connectivity index (χ2v) is 4.22. The number of carboxylic acids is 1. The number of carboxylic acid groups (broad SMARTS) is 1. The summed E-state index contributed by atoms with van der Waals surface area (Å²) < 4.78 is 5.25. The van der Waals surface area contributed by atoms with Gasteiger partial charge in [0, 0.05) is 5.56 Å². The van der Waals surface area contributed by atoms with Gasteiger partial charge in [-0.05, 0) is 37.3 Å². The van der Waals surface area contributed by atoms with Crippen molar-refractivity contribution in [3.63, 3.8) is 0 Å². The molecule has 1 aromatic heterocycles. The first kappa shape index (κ1) is 13.7. The lowest BCUT2D eigenvalue weighted by Crippen LogP contribution is -2.22. The van der Waals surface area contributed by atoms with Crippen LogP contribution in [-0.4, -0.2) is 22.1 Å². The third-order valence-electron chi connectivity index (χ3n) is 2.75. The summed E-state index contributed by atoms with van der Waals surface area (Å²) in [6, 6.07) is 7.18. The van der Waals surface area contributed by atoms with Crippen LogP contribution in [0.15, 0.2) is 34.7 Å². The maximum absolute atomic E-state index is 11.8. The third-order valence-corrected chi connectivity index (χ3v) is 2.75. The van der Waals surface area contributed by atoms with E-state index in [1.54, 1.807) is 6.92 Å². The maximum atomic E-state index is 11.8. The van der Waals surface area contributed by atoms with E-state index in [-0.39, 0.29) is 23.8 Å². The topological polar surface area (TPSA) is 99.8 Å². The van der Waals surface area contributed by atoms with Crippen molar-refractivity contribution in [2.75, 3.05) is 0 Å². The molecule has 1 aromatic carbocycles. The van der Waals surface area contributed by atoms with Crippen LogP contribution in [0.25, 0.3) is 0 Å². The molecule has 3 N–H and O–H groups in total. The van der Waals surface area contributed by atoms with E-state index in [2.05, 4.69) is 5.32 Å². The van der Waals surface area contributed by atoms with Crippen LogP contribution in [0.5, 0.6) is 5.75 Å². The average molecular weight is 275 g/mol. The fraction of sp³-hybridized carbons (Fsp3) is 0.143. The van der Waals surface area contributed by atoms with E-state index in [0.29, 0.717) is 17.1 Å². The molecule has 2 aromatic rings. The molecular formula is C14H13NO5. The summed E-state index contributed by atoms with van der Waals surface area (Å²) in [6.45, 7) is 1.64. The van der Waals surface area contributed by atoms with Gasteiger partial charge >= 0.3 is 5.97 Å². The van der Waals surface area contributed by atoms with E-state index in [0.717, 1.165) is 0 Å². The Balaban J connectivity index is 2.01. The van der Waals surface area contributed by atoms with Gasteiger partial charge in [-0.3, -0.25) is 4.79 Å². The van der Waals surface area contributed by atoms with Crippen LogP contribution in [0, 0.1) is 6.92 Å². The molecule has 0 aliphatic rings. The lowest BCUT2D eigenvalue weighted by Gasteiger charge is -2.03. The number of aromatic carboxylic acids is 1. The van der Waals surface area contributed by atoms with Gasteiger partial charge in [-0.25, -0.2) is 4.79 Å². The Hall–Kier alpha value is -2.76. The molecule has 0 aliphatic heterocycles. The van der Waals surface area contributed by atoms with Crippen molar-refractivity contribution < 1.29 is 24.2 Å². The lowest BCUT2D eigenvalue weighted by atomic mass is 10.2. The van der Waals surface area contributed by atoms with Crippen LogP contribution in [0.3, 0.4) is 0 Å². The molecular weight excluding hydrogens is 262 g/mol. The van der Waals surface area contributed by atoms with Crippen molar-refractivity contribution in [1.29, 1.82) is 0 Å². The number of rotatable bonds is 4. The molecule has 0 unspecified atom stereocenters. The second kappa shape index (κ2) is 5.48. The number of aromatic hydroxyl groups is 1. The van der Waals surface area contributed by atoms with Crippen LogP contribution in [-0.2, 0) is 6.54 Å². The molecule has 20 heavy (non-hydrogen) atoms. The van der Waals surface area contributed by atoms with Crippen molar-refractivity contribution in [3.8, 4) is 5.75 Å². The van der Waals surface area contributed by atoms with Crippen LogP contribution in [0.2, 0.25) is 0 Å². The fourth-order valence-corrected chi connectivity index (χ4v) is 1.73. The quantitative estimate of drug-likeness (QED) is 0.791. The maximum Gasteiger partial charge on any atom is 0.339 e. The molecule has 0 aliphatic carbocycles. The number of carbonyl (C=O) groups is 2. The summed E-state index contributed by atoms with van der Waals surface area (Å²) >= 11 is 0. The minimum Gasteiger partial charge on any atom is -0.508 e. The fourth-order valence-electron chi connectivity index (χ4n) is 1.73. The SMILES string of the molecule is Cc1oc(CNC(=O)c2ccc(O)cc2)cc1C(=O)O. The van der Waals surface area contributed by atoms with Gasteiger partial charge in [0.25, 0.3) is 5.91 Å². The zero-order valence-corrected chi connectivity index (χ0v) is 10.7. The predicted octanol–water partition coefficient (Wildman–Crippen LogP) is 1.92. The standard InChI is InChI=1S/C14H13NO5/c1-8-12(14(18)19)6-11(20-8)7-15-13(17)9-2-4-10(16)5-3-9/h2-6,16H,7H2,1H3,(H,15,17)(H,18,19). The van der Waals surface area contributed by atoms with Gasteiger partial charge < -0.3 is 19.9 Å². The Bertz CT molecular complexity index is 642. The van der Waals surface area contributed by atoms with Crippen molar-refractivity contribution >= 4 is 11.9 Å². The highest BCUT2D eigenvalue weighted by Crippen LogP contribution is 2.15. The van der Waals surface area contributed by atoms with Crippen LogP contribution >= 0.6 is 0 Å². The minimum atomic E-state index is -1.07. The van der Waals surface area contributed by atoms with Crippen molar-refractivity contribution in [2.24, 2.45) is 0 Å². The minimum absolute atomic E-state index is 0.0781. The molecule has 1 amide bonds. The molecule has 2 rings (SSSR count). The smallest absolute Gasteiger partial charge is 0.339 e. The van der Waals surface area contributed by atoms with Gasteiger partial charge in [-0.15, -0.1) is 0 Å². The van der Waals surface area contributed by atoms with Crippen LogP contribution in [0.4, 0.5) is 0 Å². The number of phenolic OH excluding ortho intramolecular Hbond substituents is 1. The molecule has 6 nitrogen and oxygen atoms in total. The van der Waals surface area contributed by atoms with E-state index in [1.165, 1.54) is 30.3 Å². The van der Waals surface area contributed by atoms with Crippen LogP contribution < -0.4 is 5.32 Å². The first-order valence-corrected chi connectivity index (χ1v) is 5.87. The molecule has 0 radical (unpaired) electrons. The molecule has 0 atom stereocenters. The molecule has 0 fully saturated rings. The van der Waals surface area contributed by atoms with Gasteiger partial charge in [-0.2, -0.15) is 0 Å². The van der Waals surface area contributed by atoms with Crippen molar-refractivity contribution in [2.45, 2.75) is 13.5 Å². The van der Waals surface area contributed by atoms with Gasteiger partial charge in [0.1, 0.15) is 22.8 Å². The molecule has 6 heteroatoms. The van der Waals surface area contributed by atoms with Gasteiger partial charge in [0.2, 0.25) is 0 Å². The number of hydrogen-bond donors (Lipinski definition) is 3. The Kier molecular flexibility index (Phi) is 3.74. The second-order valence-electron chi connectivity index (χ2n) is 4.22. The summed E-state index contributed by atoms with van der Waals surface area (Å²) in [5.41, 5.74) is 0.475. The number of nitrogens with one attached hydrogen (secondary N) is 1. The van der Waals surface area contributed by atoms with E-state index in [1.807, 2.05) is 0 Å². The first-order chi connectivity index (χ1) is 9.47.